The summed E-state index contributed by atoms with van der Waals surface area (Å²) in [6.07, 6.45) is 9.65. The van der Waals surface area contributed by atoms with Crippen molar-refractivity contribution in [1.82, 2.24) is 14.3 Å². The molecule has 2 aromatic heterocycles. The first-order chi connectivity index (χ1) is 9.83. The number of aryl methyl sites for hydroxylation is 1. The number of rotatable bonds is 4. The Morgan fingerprint density at radius 2 is 2.10 bits per heavy atom. The molecule has 1 saturated carbocycles. The van der Waals surface area contributed by atoms with Gasteiger partial charge in [0, 0.05) is 31.7 Å². The Morgan fingerprint density at radius 1 is 1.25 bits per heavy atom. The van der Waals surface area contributed by atoms with Gasteiger partial charge in [0.15, 0.2) is 0 Å². The zero-order valence-electron chi connectivity index (χ0n) is 12.3. The number of aromatic nitrogens is 2. The Bertz CT molecular complexity index is 606. The van der Waals surface area contributed by atoms with Crippen molar-refractivity contribution in [2.24, 2.45) is 5.92 Å². The molecule has 0 bridgehead atoms. The van der Waals surface area contributed by atoms with Crippen LogP contribution in [-0.2, 0) is 6.42 Å². The molecule has 0 amide bonds. The predicted octanol–water partition coefficient (Wildman–Crippen LogP) is 3.10. The fourth-order valence-corrected chi connectivity index (χ4v) is 3.52. The molecule has 1 aliphatic carbocycles. The molecular formula is C17H23N3. The third kappa shape index (κ3) is 2.05. The monoisotopic (exact) mass is 269 g/mol. The van der Waals surface area contributed by atoms with Crippen molar-refractivity contribution in [3.8, 4) is 0 Å². The largest absolute Gasteiger partial charge is 0.306 e. The number of fused-ring (bicyclic) bond motifs is 1. The van der Waals surface area contributed by atoms with E-state index in [4.69, 9.17) is 0 Å². The molecule has 20 heavy (non-hydrogen) atoms. The highest BCUT2D eigenvalue weighted by atomic mass is 15.2. The predicted molar refractivity (Wildman–Crippen MR) is 81.1 cm³/mol. The molecule has 2 aromatic rings. The van der Waals surface area contributed by atoms with E-state index in [-0.39, 0.29) is 0 Å². The summed E-state index contributed by atoms with van der Waals surface area (Å²) in [6.45, 7) is 5.93. The molecular weight excluding hydrogens is 246 g/mol. The van der Waals surface area contributed by atoms with Crippen molar-refractivity contribution in [3.63, 3.8) is 0 Å². The van der Waals surface area contributed by atoms with Crippen LogP contribution in [0.15, 0.2) is 24.7 Å². The minimum absolute atomic E-state index is 0.646. The number of hydrogen-bond donors (Lipinski definition) is 0. The van der Waals surface area contributed by atoms with E-state index in [2.05, 4.69) is 39.5 Å². The zero-order chi connectivity index (χ0) is 13.5. The van der Waals surface area contributed by atoms with E-state index in [9.17, 15) is 0 Å². The Morgan fingerprint density at radius 3 is 2.80 bits per heavy atom. The minimum atomic E-state index is 0.646. The summed E-state index contributed by atoms with van der Waals surface area (Å²) in [4.78, 5) is 7.29. The van der Waals surface area contributed by atoms with Gasteiger partial charge in [-0.05, 0) is 36.8 Å². The van der Waals surface area contributed by atoms with Gasteiger partial charge in [0.25, 0.3) is 0 Å². The lowest BCUT2D eigenvalue weighted by Crippen LogP contribution is -2.48. The Kier molecular flexibility index (Phi) is 3.03. The van der Waals surface area contributed by atoms with Crippen LogP contribution in [-0.4, -0.2) is 33.9 Å². The van der Waals surface area contributed by atoms with Crippen LogP contribution in [0.5, 0.6) is 0 Å². The lowest BCUT2D eigenvalue weighted by atomic mass is 9.83. The third-order valence-corrected chi connectivity index (χ3v) is 5.12. The van der Waals surface area contributed by atoms with Gasteiger partial charge >= 0.3 is 0 Å². The summed E-state index contributed by atoms with van der Waals surface area (Å²) in [6, 6.07) is 4.49. The third-order valence-electron chi connectivity index (χ3n) is 5.12. The maximum atomic E-state index is 4.68. The summed E-state index contributed by atoms with van der Waals surface area (Å²) in [5.74, 6) is 1.63. The highest BCUT2D eigenvalue weighted by Gasteiger charge is 2.33. The normalized spacial score (nSPS) is 21.1. The summed E-state index contributed by atoms with van der Waals surface area (Å²) in [7, 11) is 0. The van der Waals surface area contributed by atoms with E-state index in [1.165, 1.54) is 55.7 Å². The second-order valence-electron chi connectivity index (χ2n) is 6.53. The first-order valence-corrected chi connectivity index (χ1v) is 8.01. The van der Waals surface area contributed by atoms with Crippen LogP contribution in [0.1, 0.15) is 43.4 Å². The fourth-order valence-electron chi connectivity index (χ4n) is 3.52. The van der Waals surface area contributed by atoms with Gasteiger partial charge in [-0.25, -0.2) is 4.98 Å². The smallest absolute Gasteiger partial charge is 0.0995 e. The maximum Gasteiger partial charge on any atom is 0.0995 e. The molecule has 0 unspecified atom stereocenters. The topological polar surface area (TPSA) is 20.5 Å². The maximum absolute atomic E-state index is 4.68. The lowest BCUT2D eigenvalue weighted by molar-refractivity contribution is 0.0976. The van der Waals surface area contributed by atoms with Crippen molar-refractivity contribution in [2.75, 3.05) is 19.6 Å². The molecule has 1 aliphatic heterocycles. The van der Waals surface area contributed by atoms with Gasteiger partial charge < -0.3 is 9.30 Å². The van der Waals surface area contributed by atoms with Crippen molar-refractivity contribution < 1.29 is 0 Å². The van der Waals surface area contributed by atoms with Crippen LogP contribution in [0.4, 0.5) is 0 Å². The molecule has 3 heteroatoms. The molecule has 0 aromatic carbocycles. The quantitative estimate of drug-likeness (QED) is 0.850. The SMILES string of the molecule is CCc1ccc2c(C3CN(CC4CCC4)C3)ncn2c1. The summed E-state index contributed by atoms with van der Waals surface area (Å²) in [5.41, 5.74) is 3.98. The van der Waals surface area contributed by atoms with Gasteiger partial charge in [0.05, 0.1) is 17.5 Å². The molecule has 3 nitrogen and oxygen atoms in total. The molecule has 0 spiro atoms. The highest BCUT2D eigenvalue weighted by Crippen LogP contribution is 2.33. The van der Waals surface area contributed by atoms with E-state index in [0.717, 1.165) is 12.3 Å². The van der Waals surface area contributed by atoms with E-state index < -0.39 is 0 Å². The van der Waals surface area contributed by atoms with Crippen LogP contribution in [0.25, 0.3) is 5.52 Å². The van der Waals surface area contributed by atoms with Gasteiger partial charge in [-0.3, -0.25) is 0 Å². The van der Waals surface area contributed by atoms with Crippen molar-refractivity contribution in [1.29, 1.82) is 0 Å². The Hall–Kier alpha value is -1.35. The van der Waals surface area contributed by atoms with Crippen LogP contribution >= 0.6 is 0 Å². The number of likely N-dealkylation sites (tertiary alicyclic amines) is 1. The second kappa shape index (κ2) is 4.88. The molecule has 1 saturated heterocycles. The van der Waals surface area contributed by atoms with Gasteiger partial charge in [-0.1, -0.05) is 19.4 Å². The summed E-state index contributed by atoms with van der Waals surface area (Å²) < 4.78 is 2.20. The Labute approximate surface area is 120 Å². The van der Waals surface area contributed by atoms with Crippen LogP contribution in [0.2, 0.25) is 0 Å². The zero-order valence-corrected chi connectivity index (χ0v) is 12.3. The number of imidazole rings is 1. The van der Waals surface area contributed by atoms with E-state index in [1.54, 1.807) is 0 Å². The fraction of sp³-hybridized carbons (Fsp3) is 0.588. The molecule has 0 N–H and O–H groups in total. The van der Waals surface area contributed by atoms with Gasteiger partial charge in [-0.2, -0.15) is 0 Å². The number of hydrogen-bond acceptors (Lipinski definition) is 2. The first kappa shape index (κ1) is 12.4. The molecule has 106 valence electrons. The number of nitrogens with zero attached hydrogens (tertiary/aromatic N) is 3. The first-order valence-electron chi connectivity index (χ1n) is 8.01. The van der Waals surface area contributed by atoms with Crippen LogP contribution in [0, 0.1) is 5.92 Å². The standard InChI is InChI=1S/C17H23N3/c1-2-13-6-7-16-17(18-12-20(16)9-13)15-10-19(11-15)8-14-4-3-5-14/h6-7,9,12,14-15H,2-5,8,10-11H2,1H3. The molecule has 2 aliphatic rings. The van der Waals surface area contributed by atoms with E-state index in [0.29, 0.717) is 5.92 Å². The molecule has 2 fully saturated rings. The van der Waals surface area contributed by atoms with Gasteiger partial charge in [0.2, 0.25) is 0 Å². The highest BCUT2D eigenvalue weighted by molar-refractivity contribution is 5.55. The Balaban J connectivity index is 1.46. The average molecular weight is 269 g/mol. The average Bonchev–Trinajstić information content (AvgIpc) is 2.78. The van der Waals surface area contributed by atoms with E-state index >= 15 is 0 Å². The molecule has 0 atom stereocenters. The van der Waals surface area contributed by atoms with Gasteiger partial charge in [0.1, 0.15) is 0 Å². The number of pyridine rings is 1. The minimum Gasteiger partial charge on any atom is -0.306 e. The van der Waals surface area contributed by atoms with Crippen molar-refractivity contribution in [3.05, 3.63) is 35.9 Å². The van der Waals surface area contributed by atoms with E-state index in [1.807, 2.05) is 6.33 Å². The van der Waals surface area contributed by atoms with Gasteiger partial charge in [-0.15, -0.1) is 0 Å². The summed E-state index contributed by atoms with van der Waals surface area (Å²) in [5, 5.41) is 0. The molecule has 4 rings (SSSR count). The molecule has 0 radical (unpaired) electrons. The lowest BCUT2D eigenvalue weighted by Gasteiger charge is -2.42. The second-order valence-corrected chi connectivity index (χ2v) is 6.53. The van der Waals surface area contributed by atoms with Crippen LogP contribution in [0.3, 0.4) is 0 Å². The van der Waals surface area contributed by atoms with Crippen molar-refractivity contribution >= 4 is 5.52 Å². The van der Waals surface area contributed by atoms with Crippen molar-refractivity contribution in [2.45, 2.75) is 38.5 Å². The molecule has 3 heterocycles. The van der Waals surface area contributed by atoms with Crippen LogP contribution < -0.4 is 0 Å². The summed E-state index contributed by atoms with van der Waals surface area (Å²) >= 11 is 0.